The molecule has 0 radical (unpaired) electrons. The van der Waals surface area contributed by atoms with Crippen LogP contribution < -0.4 is 10.5 Å². The number of halogens is 1. The molecule has 0 spiro atoms. The lowest BCUT2D eigenvalue weighted by atomic mass is 10.1. The van der Waals surface area contributed by atoms with Gasteiger partial charge in [-0.2, -0.15) is 0 Å². The van der Waals surface area contributed by atoms with Gasteiger partial charge < -0.3 is 15.2 Å². The van der Waals surface area contributed by atoms with Gasteiger partial charge in [-0.25, -0.2) is 4.39 Å². The van der Waals surface area contributed by atoms with Crippen molar-refractivity contribution in [2.24, 2.45) is 5.73 Å². The Labute approximate surface area is 95.4 Å². The van der Waals surface area contributed by atoms with Crippen LogP contribution in [0.25, 0.3) is 0 Å². The van der Waals surface area contributed by atoms with Gasteiger partial charge in [0.2, 0.25) is 0 Å². The van der Waals surface area contributed by atoms with E-state index in [9.17, 15) is 4.39 Å². The molecule has 2 N–H and O–H groups in total. The van der Waals surface area contributed by atoms with Crippen LogP contribution >= 0.6 is 0 Å². The predicted molar refractivity (Wildman–Crippen MR) is 61.0 cm³/mol. The SMILES string of the molecule is CCOCCOc1ccc([C@@H](C)N)cc1F. The van der Waals surface area contributed by atoms with Gasteiger partial charge in [0.05, 0.1) is 6.61 Å². The van der Waals surface area contributed by atoms with E-state index in [1.807, 2.05) is 13.8 Å². The highest BCUT2D eigenvalue weighted by molar-refractivity contribution is 5.30. The van der Waals surface area contributed by atoms with Crippen molar-refractivity contribution in [1.29, 1.82) is 0 Å². The smallest absolute Gasteiger partial charge is 0.165 e. The normalized spacial score (nSPS) is 12.5. The van der Waals surface area contributed by atoms with E-state index in [4.69, 9.17) is 15.2 Å². The second-order valence-electron chi connectivity index (χ2n) is 3.52. The van der Waals surface area contributed by atoms with Gasteiger partial charge in [0, 0.05) is 12.6 Å². The largest absolute Gasteiger partial charge is 0.488 e. The van der Waals surface area contributed by atoms with Crippen LogP contribution in [0, 0.1) is 5.82 Å². The molecule has 0 fully saturated rings. The lowest BCUT2D eigenvalue weighted by molar-refractivity contribution is 0.108. The van der Waals surface area contributed by atoms with E-state index >= 15 is 0 Å². The number of nitrogens with two attached hydrogens (primary N) is 1. The Morgan fingerprint density at radius 2 is 2.12 bits per heavy atom. The molecule has 1 rings (SSSR count). The third-order valence-electron chi connectivity index (χ3n) is 2.17. The van der Waals surface area contributed by atoms with Crippen LogP contribution in [0.1, 0.15) is 25.5 Å². The van der Waals surface area contributed by atoms with Crippen LogP contribution in [0.4, 0.5) is 4.39 Å². The highest BCUT2D eigenvalue weighted by Crippen LogP contribution is 2.20. The summed E-state index contributed by atoms with van der Waals surface area (Å²) in [7, 11) is 0. The molecule has 0 amide bonds. The standard InChI is InChI=1S/C12H18FNO2/c1-3-15-6-7-16-12-5-4-10(9(2)14)8-11(12)13/h4-5,8-9H,3,6-7,14H2,1-2H3/t9-/m1/s1. The van der Waals surface area contributed by atoms with E-state index < -0.39 is 0 Å². The molecule has 1 atom stereocenters. The summed E-state index contributed by atoms with van der Waals surface area (Å²) in [5.41, 5.74) is 6.40. The van der Waals surface area contributed by atoms with Gasteiger partial charge in [0.25, 0.3) is 0 Å². The Morgan fingerprint density at radius 1 is 1.38 bits per heavy atom. The Balaban J connectivity index is 2.54. The van der Waals surface area contributed by atoms with Gasteiger partial charge in [0.1, 0.15) is 6.61 Å². The molecule has 0 aliphatic heterocycles. The van der Waals surface area contributed by atoms with E-state index in [1.165, 1.54) is 6.07 Å². The molecule has 16 heavy (non-hydrogen) atoms. The maximum absolute atomic E-state index is 13.5. The minimum Gasteiger partial charge on any atom is -0.488 e. The number of ether oxygens (including phenoxy) is 2. The van der Waals surface area contributed by atoms with Gasteiger partial charge in [-0.3, -0.25) is 0 Å². The van der Waals surface area contributed by atoms with Crippen molar-refractivity contribution in [2.45, 2.75) is 19.9 Å². The zero-order chi connectivity index (χ0) is 12.0. The summed E-state index contributed by atoms with van der Waals surface area (Å²) in [6.07, 6.45) is 0. The predicted octanol–water partition coefficient (Wildman–Crippen LogP) is 2.26. The summed E-state index contributed by atoms with van der Waals surface area (Å²) < 4.78 is 23.8. The monoisotopic (exact) mass is 227 g/mol. The molecule has 90 valence electrons. The molecule has 1 aromatic carbocycles. The van der Waals surface area contributed by atoms with Crippen molar-refractivity contribution < 1.29 is 13.9 Å². The molecule has 0 aromatic heterocycles. The van der Waals surface area contributed by atoms with Crippen LogP contribution in [-0.2, 0) is 4.74 Å². The topological polar surface area (TPSA) is 44.5 Å². The fourth-order valence-electron chi connectivity index (χ4n) is 1.27. The first-order valence-electron chi connectivity index (χ1n) is 5.40. The third kappa shape index (κ3) is 3.79. The van der Waals surface area contributed by atoms with Gasteiger partial charge in [-0.05, 0) is 31.5 Å². The quantitative estimate of drug-likeness (QED) is 0.758. The molecule has 1 aromatic rings. The lowest BCUT2D eigenvalue weighted by Gasteiger charge is -2.10. The van der Waals surface area contributed by atoms with Crippen molar-refractivity contribution in [2.75, 3.05) is 19.8 Å². The Kier molecular flexibility index (Phi) is 5.22. The number of rotatable bonds is 6. The number of hydrogen-bond donors (Lipinski definition) is 1. The highest BCUT2D eigenvalue weighted by Gasteiger charge is 2.06. The molecular formula is C12H18FNO2. The van der Waals surface area contributed by atoms with Crippen molar-refractivity contribution in [3.8, 4) is 5.75 Å². The zero-order valence-corrected chi connectivity index (χ0v) is 9.70. The first-order valence-corrected chi connectivity index (χ1v) is 5.40. The van der Waals surface area contributed by atoms with E-state index in [0.717, 1.165) is 5.56 Å². The highest BCUT2D eigenvalue weighted by atomic mass is 19.1. The molecular weight excluding hydrogens is 209 g/mol. The minimum absolute atomic E-state index is 0.174. The summed E-state index contributed by atoms with van der Waals surface area (Å²) in [5.74, 6) is -0.143. The average molecular weight is 227 g/mol. The van der Waals surface area contributed by atoms with Crippen molar-refractivity contribution in [3.05, 3.63) is 29.6 Å². The summed E-state index contributed by atoms with van der Waals surface area (Å²) in [4.78, 5) is 0. The molecule has 0 saturated heterocycles. The minimum atomic E-state index is -0.383. The molecule has 0 unspecified atom stereocenters. The lowest BCUT2D eigenvalue weighted by Crippen LogP contribution is -2.09. The maximum atomic E-state index is 13.5. The molecule has 0 saturated carbocycles. The van der Waals surface area contributed by atoms with Crippen molar-refractivity contribution >= 4 is 0 Å². The second kappa shape index (κ2) is 6.45. The third-order valence-corrected chi connectivity index (χ3v) is 2.17. The molecule has 3 nitrogen and oxygen atoms in total. The second-order valence-corrected chi connectivity index (χ2v) is 3.52. The fraction of sp³-hybridized carbons (Fsp3) is 0.500. The van der Waals surface area contributed by atoms with Crippen molar-refractivity contribution in [3.63, 3.8) is 0 Å². The van der Waals surface area contributed by atoms with Crippen LogP contribution in [0.2, 0.25) is 0 Å². The maximum Gasteiger partial charge on any atom is 0.165 e. The van der Waals surface area contributed by atoms with Crippen LogP contribution in [0.3, 0.4) is 0 Å². The van der Waals surface area contributed by atoms with Gasteiger partial charge >= 0.3 is 0 Å². The summed E-state index contributed by atoms with van der Waals surface area (Å²) in [6.45, 7) is 5.16. The summed E-state index contributed by atoms with van der Waals surface area (Å²) in [5, 5.41) is 0. The van der Waals surface area contributed by atoms with E-state index in [-0.39, 0.29) is 17.6 Å². The molecule has 0 bridgehead atoms. The molecule has 0 aliphatic carbocycles. The fourth-order valence-corrected chi connectivity index (χ4v) is 1.27. The molecule has 4 heteroatoms. The number of benzene rings is 1. The molecule has 0 heterocycles. The van der Waals surface area contributed by atoms with Gasteiger partial charge in [-0.1, -0.05) is 6.07 Å². The van der Waals surface area contributed by atoms with E-state index in [1.54, 1.807) is 12.1 Å². The Hall–Kier alpha value is -1.13. The number of hydrogen-bond acceptors (Lipinski definition) is 3. The first kappa shape index (κ1) is 12.9. The van der Waals surface area contributed by atoms with E-state index in [2.05, 4.69) is 0 Å². The summed E-state index contributed by atoms with van der Waals surface area (Å²) >= 11 is 0. The Bertz CT molecular complexity index is 329. The Morgan fingerprint density at radius 3 is 2.69 bits per heavy atom. The van der Waals surface area contributed by atoms with E-state index in [0.29, 0.717) is 19.8 Å². The van der Waals surface area contributed by atoms with Gasteiger partial charge in [0.15, 0.2) is 11.6 Å². The van der Waals surface area contributed by atoms with Crippen LogP contribution in [0.5, 0.6) is 5.75 Å². The molecule has 0 aliphatic rings. The van der Waals surface area contributed by atoms with Crippen molar-refractivity contribution in [1.82, 2.24) is 0 Å². The summed E-state index contributed by atoms with van der Waals surface area (Å²) in [6, 6.07) is 4.59. The first-order chi connectivity index (χ1) is 7.65. The average Bonchev–Trinajstić information content (AvgIpc) is 2.26. The van der Waals surface area contributed by atoms with Gasteiger partial charge in [-0.15, -0.1) is 0 Å². The zero-order valence-electron chi connectivity index (χ0n) is 9.70. The van der Waals surface area contributed by atoms with Crippen LogP contribution in [0.15, 0.2) is 18.2 Å². The van der Waals surface area contributed by atoms with Crippen LogP contribution in [-0.4, -0.2) is 19.8 Å².